The third-order valence-electron chi connectivity index (χ3n) is 5.88. The number of rotatable bonds is 5. The van der Waals surface area contributed by atoms with Crippen LogP contribution in [0.15, 0.2) is 24.3 Å². The van der Waals surface area contributed by atoms with Gasteiger partial charge in [0.1, 0.15) is 5.82 Å². The molecule has 132 valence electrons. The molecule has 4 nitrogen and oxygen atoms in total. The van der Waals surface area contributed by atoms with Crippen LogP contribution in [0.2, 0.25) is 0 Å². The molecule has 2 bridgehead atoms. The molecule has 2 heterocycles. The van der Waals surface area contributed by atoms with Gasteiger partial charge in [-0.3, -0.25) is 4.79 Å². The van der Waals surface area contributed by atoms with Crippen molar-refractivity contribution in [2.75, 3.05) is 7.11 Å². The first-order chi connectivity index (χ1) is 11.2. The first-order valence-corrected chi connectivity index (χ1v) is 8.38. The van der Waals surface area contributed by atoms with Crippen LogP contribution in [0, 0.1) is 11.2 Å². The number of benzene rings is 1. The van der Waals surface area contributed by atoms with Gasteiger partial charge in [0.2, 0.25) is 0 Å². The fraction of sp³-hybridized carbons (Fsp3) is 0.632. The predicted molar refractivity (Wildman–Crippen MR) is 86.8 cm³/mol. The Balaban J connectivity index is 1.76. The molecule has 0 aliphatic carbocycles. The van der Waals surface area contributed by atoms with E-state index in [1.165, 1.54) is 13.2 Å². The van der Waals surface area contributed by atoms with Crippen LogP contribution in [-0.4, -0.2) is 30.4 Å². The van der Waals surface area contributed by atoms with E-state index in [1.807, 2.05) is 20.8 Å². The normalized spacial score (nSPS) is 32.1. The molecule has 0 aromatic heterocycles. The zero-order valence-electron chi connectivity index (χ0n) is 14.7. The summed E-state index contributed by atoms with van der Waals surface area (Å²) in [5.41, 5.74) is -1.26. The van der Waals surface area contributed by atoms with Crippen molar-refractivity contribution < 1.29 is 23.4 Å². The molecule has 1 aromatic rings. The monoisotopic (exact) mass is 336 g/mol. The summed E-state index contributed by atoms with van der Waals surface area (Å²) in [7, 11) is 1.40. The van der Waals surface area contributed by atoms with Gasteiger partial charge in [-0.1, -0.05) is 18.2 Å². The number of methoxy groups -OCH3 is 1. The Kier molecular flexibility index (Phi) is 4.21. The van der Waals surface area contributed by atoms with E-state index in [1.54, 1.807) is 18.2 Å². The van der Waals surface area contributed by atoms with Crippen LogP contribution in [0.25, 0.3) is 0 Å². The van der Waals surface area contributed by atoms with Gasteiger partial charge in [0.15, 0.2) is 0 Å². The van der Waals surface area contributed by atoms with E-state index in [0.29, 0.717) is 12.0 Å². The Morgan fingerprint density at radius 3 is 2.75 bits per heavy atom. The fourth-order valence-corrected chi connectivity index (χ4v) is 4.06. The maximum Gasteiger partial charge on any atom is 0.314 e. The van der Waals surface area contributed by atoms with Crippen LogP contribution in [0.5, 0.6) is 0 Å². The van der Waals surface area contributed by atoms with Gasteiger partial charge in [-0.05, 0) is 39.7 Å². The van der Waals surface area contributed by atoms with Crippen molar-refractivity contribution in [1.29, 1.82) is 0 Å². The highest BCUT2D eigenvalue weighted by Crippen LogP contribution is 2.59. The average Bonchev–Trinajstić information content (AvgIpc) is 3.05. The smallest absolute Gasteiger partial charge is 0.314 e. The second-order valence-corrected chi connectivity index (χ2v) is 7.62. The number of carbonyl (C=O) groups is 1. The van der Waals surface area contributed by atoms with Gasteiger partial charge >= 0.3 is 5.97 Å². The molecule has 0 N–H and O–H groups in total. The largest absolute Gasteiger partial charge is 0.469 e. The third-order valence-corrected chi connectivity index (χ3v) is 5.88. The molecule has 0 saturated carbocycles. The van der Waals surface area contributed by atoms with Gasteiger partial charge in [-0.15, -0.1) is 0 Å². The van der Waals surface area contributed by atoms with Crippen LogP contribution in [-0.2, 0) is 25.6 Å². The van der Waals surface area contributed by atoms with Crippen molar-refractivity contribution in [3.8, 4) is 0 Å². The van der Waals surface area contributed by atoms with Crippen molar-refractivity contribution >= 4 is 5.97 Å². The standard InChI is InChI=1S/C19H25FO4/c1-17(2,16(21)22-4)19-10-9-18(3,24-19)15(11-19)23-12-13-7-5-6-8-14(13)20/h5-8,15H,9-12H2,1-4H3. The summed E-state index contributed by atoms with van der Waals surface area (Å²) in [4.78, 5) is 12.2. The molecule has 5 heteroatoms. The van der Waals surface area contributed by atoms with E-state index in [9.17, 15) is 9.18 Å². The third kappa shape index (κ3) is 2.54. The Morgan fingerprint density at radius 2 is 2.08 bits per heavy atom. The predicted octanol–water partition coefficient (Wildman–Crippen LogP) is 3.62. The number of hydrogen-bond acceptors (Lipinski definition) is 4. The zero-order chi connectivity index (χ0) is 17.6. The quantitative estimate of drug-likeness (QED) is 0.771. The van der Waals surface area contributed by atoms with Crippen LogP contribution in [0.4, 0.5) is 4.39 Å². The summed E-state index contributed by atoms with van der Waals surface area (Å²) < 4.78 is 31.1. The molecule has 2 aliphatic rings. The van der Waals surface area contributed by atoms with Gasteiger partial charge in [0.05, 0.1) is 36.4 Å². The van der Waals surface area contributed by atoms with Crippen molar-refractivity contribution in [2.45, 2.75) is 63.9 Å². The molecule has 0 radical (unpaired) electrons. The number of ether oxygens (including phenoxy) is 3. The van der Waals surface area contributed by atoms with E-state index in [-0.39, 0.29) is 24.5 Å². The molecule has 0 amide bonds. The first-order valence-electron chi connectivity index (χ1n) is 8.38. The molecule has 0 spiro atoms. The van der Waals surface area contributed by atoms with Crippen LogP contribution < -0.4 is 0 Å². The molecular weight excluding hydrogens is 311 g/mol. The number of esters is 1. The molecule has 3 unspecified atom stereocenters. The SMILES string of the molecule is COC(=O)C(C)(C)C12CCC(C)(O1)C(OCc1ccccc1F)C2. The van der Waals surface area contributed by atoms with Gasteiger partial charge in [-0.25, -0.2) is 4.39 Å². The lowest BCUT2D eigenvalue weighted by molar-refractivity contribution is -0.172. The summed E-state index contributed by atoms with van der Waals surface area (Å²) in [5.74, 6) is -0.544. The lowest BCUT2D eigenvalue weighted by Crippen LogP contribution is -2.49. The van der Waals surface area contributed by atoms with Gasteiger partial charge in [0.25, 0.3) is 0 Å². The van der Waals surface area contributed by atoms with Gasteiger partial charge < -0.3 is 14.2 Å². The van der Waals surface area contributed by atoms with E-state index >= 15 is 0 Å². The Labute approximate surface area is 142 Å². The summed E-state index contributed by atoms with van der Waals surface area (Å²) in [6.07, 6.45) is 2.05. The summed E-state index contributed by atoms with van der Waals surface area (Å²) in [6, 6.07) is 6.61. The Bertz CT molecular complexity index is 644. The topological polar surface area (TPSA) is 44.8 Å². The molecule has 2 aliphatic heterocycles. The molecule has 2 saturated heterocycles. The Morgan fingerprint density at radius 1 is 1.38 bits per heavy atom. The van der Waals surface area contributed by atoms with Crippen molar-refractivity contribution in [3.05, 3.63) is 35.6 Å². The van der Waals surface area contributed by atoms with Crippen molar-refractivity contribution in [1.82, 2.24) is 0 Å². The summed E-state index contributed by atoms with van der Waals surface area (Å²) >= 11 is 0. The van der Waals surface area contributed by atoms with Gasteiger partial charge in [0, 0.05) is 12.0 Å². The molecule has 3 rings (SSSR count). The van der Waals surface area contributed by atoms with E-state index in [2.05, 4.69) is 0 Å². The van der Waals surface area contributed by atoms with Crippen LogP contribution >= 0.6 is 0 Å². The highest BCUT2D eigenvalue weighted by molar-refractivity contribution is 5.77. The highest BCUT2D eigenvalue weighted by Gasteiger charge is 2.67. The highest BCUT2D eigenvalue weighted by atomic mass is 19.1. The van der Waals surface area contributed by atoms with Crippen LogP contribution in [0.1, 0.15) is 45.6 Å². The molecule has 2 fully saturated rings. The van der Waals surface area contributed by atoms with Crippen molar-refractivity contribution in [3.63, 3.8) is 0 Å². The molecule has 3 atom stereocenters. The van der Waals surface area contributed by atoms with Crippen LogP contribution in [0.3, 0.4) is 0 Å². The average molecular weight is 336 g/mol. The lowest BCUT2D eigenvalue weighted by atomic mass is 9.67. The number of carbonyl (C=O) groups excluding carboxylic acids is 1. The Hall–Kier alpha value is -1.46. The zero-order valence-corrected chi connectivity index (χ0v) is 14.7. The minimum Gasteiger partial charge on any atom is -0.469 e. The van der Waals surface area contributed by atoms with E-state index < -0.39 is 16.6 Å². The molecule has 1 aromatic carbocycles. The minimum atomic E-state index is -0.754. The molecular formula is C19H25FO4. The number of halogens is 1. The van der Waals surface area contributed by atoms with Gasteiger partial charge in [-0.2, -0.15) is 0 Å². The number of fused-ring (bicyclic) bond motifs is 2. The summed E-state index contributed by atoms with van der Waals surface area (Å²) in [5, 5.41) is 0. The van der Waals surface area contributed by atoms with E-state index in [0.717, 1.165) is 12.8 Å². The molecule has 24 heavy (non-hydrogen) atoms. The minimum absolute atomic E-state index is 0.171. The maximum atomic E-state index is 13.8. The first kappa shape index (κ1) is 17.4. The fourth-order valence-electron chi connectivity index (χ4n) is 4.06. The second kappa shape index (κ2) is 5.81. The maximum absolute atomic E-state index is 13.8. The summed E-state index contributed by atoms with van der Waals surface area (Å²) in [6.45, 7) is 5.94. The van der Waals surface area contributed by atoms with E-state index in [4.69, 9.17) is 14.2 Å². The number of hydrogen-bond donors (Lipinski definition) is 0. The lowest BCUT2D eigenvalue weighted by Gasteiger charge is -2.39. The van der Waals surface area contributed by atoms with Crippen molar-refractivity contribution in [2.24, 2.45) is 5.41 Å². The second-order valence-electron chi connectivity index (χ2n) is 7.62.